The van der Waals surface area contributed by atoms with Crippen molar-refractivity contribution < 1.29 is 0 Å². The van der Waals surface area contributed by atoms with Crippen LogP contribution in [0.25, 0.3) is 0 Å². The lowest BCUT2D eigenvalue weighted by Gasteiger charge is -2.43. The fraction of sp³-hybridized carbons (Fsp3) is 0.846. The van der Waals surface area contributed by atoms with Crippen LogP contribution in [0.5, 0.6) is 0 Å². The average Bonchev–Trinajstić information content (AvgIpc) is 2.22. The van der Waals surface area contributed by atoms with Crippen LogP contribution in [0.15, 0.2) is 0 Å². The Morgan fingerprint density at radius 2 is 1.87 bits per heavy atom. The van der Waals surface area contributed by atoms with Crippen molar-refractivity contribution in [2.45, 2.75) is 51.5 Å². The number of nitrogens with two attached hydrogens (primary N) is 1. The predicted molar refractivity (Wildman–Crippen MR) is 65.5 cm³/mol. The van der Waals surface area contributed by atoms with E-state index in [4.69, 9.17) is 12.2 Å². The summed E-state index contributed by atoms with van der Waals surface area (Å²) < 4.78 is 0. The Morgan fingerprint density at radius 3 is 2.33 bits per heavy atom. The number of rotatable bonds is 4. The van der Waals surface area contributed by atoms with Crippen LogP contribution in [0.2, 0.25) is 0 Å². The number of nitrogens with one attached hydrogen (secondary N) is 1. The lowest BCUT2D eigenvalue weighted by molar-refractivity contribution is 0.141. The summed E-state index contributed by atoms with van der Waals surface area (Å²) in [6, 6.07) is 0. The molecule has 0 bridgehead atoms. The highest BCUT2D eigenvalue weighted by molar-refractivity contribution is 4.97. The van der Waals surface area contributed by atoms with Crippen LogP contribution in [-0.4, -0.2) is 18.6 Å². The van der Waals surface area contributed by atoms with Crippen molar-refractivity contribution in [2.75, 3.05) is 13.1 Å². The SMILES string of the molecule is C#CCCNC1(CN)CCC(C)(C)CC1. The molecule has 0 spiro atoms. The molecule has 0 aliphatic heterocycles. The maximum absolute atomic E-state index is 5.89. The molecule has 86 valence electrons. The molecule has 0 atom stereocenters. The van der Waals surface area contributed by atoms with E-state index in [1.165, 1.54) is 25.7 Å². The third kappa shape index (κ3) is 3.52. The normalized spacial score (nSPS) is 23.3. The highest BCUT2D eigenvalue weighted by Gasteiger charge is 2.36. The topological polar surface area (TPSA) is 38.0 Å². The van der Waals surface area contributed by atoms with Gasteiger partial charge in [-0.1, -0.05) is 13.8 Å². The Morgan fingerprint density at radius 1 is 1.27 bits per heavy atom. The first-order chi connectivity index (χ1) is 7.04. The van der Waals surface area contributed by atoms with Gasteiger partial charge in [-0.3, -0.25) is 0 Å². The molecule has 0 amide bonds. The first-order valence-electron chi connectivity index (χ1n) is 5.92. The van der Waals surface area contributed by atoms with Crippen LogP contribution in [0, 0.1) is 17.8 Å². The van der Waals surface area contributed by atoms with Crippen LogP contribution in [0.1, 0.15) is 46.0 Å². The Balaban J connectivity index is 2.46. The Kier molecular flexibility index (Phi) is 4.19. The van der Waals surface area contributed by atoms with E-state index in [2.05, 4.69) is 25.1 Å². The number of hydrogen-bond acceptors (Lipinski definition) is 2. The molecule has 0 saturated heterocycles. The van der Waals surface area contributed by atoms with Gasteiger partial charge in [0.25, 0.3) is 0 Å². The summed E-state index contributed by atoms with van der Waals surface area (Å²) in [5.74, 6) is 2.66. The minimum absolute atomic E-state index is 0.159. The second-order valence-electron chi connectivity index (χ2n) is 5.53. The molecule has 3 N–H and O–H groups in total. The molecular formula is C13H24N2. The number of hydrogen-bond donors (Lipinski definition) is 2. The van der Waals surface area contributed by atoms with Gasteiger partial charge in [-0.05, 0) is 31.1 Å². The van der Waals surface area contributed by atoms with Gasteiger partial charge in [0.1, 0.15) is 0 Å². The molecule has 15 heavy (non-hydrogen) atoms. The second kappa shape index (κ2) is 5.01. The van der Waals surface area contributed by atoms with Crippen LogP contribution in [-0.2, 0) is 0 Å². The standard InChI is InChI=1S/C13H24N2/c1-4-5-10-15-13(11-14)8-6-12(2,3)7-9-13/h1,15H,5-11,14H2,2-3H3. The lowest BCUT2D eigenvalue weighted by atomic mass is 9.69. The van der Waals surface area contributed by atoms with Crippen LogP contribution < -0.4 is 11.1 Å². The van der Waals surface area contributed by atoms with Gasteiger partial charge >= 0.3 is 0 Å². The summed E-state index contributed by atoms with van der Waals surface area (Å²) in [4.78, 5) is 0. The summed E-state index contributed by atoms with van der Waals surface area (Å²) in [6.45, 7) is 6.31. The van der Waals surface area contributed by atoms with E-state index in [1.54, 1.807) is 0 Å². The van der Waals surface area contributed by atoms with Gasteiger partial charge in [-0.2, -0.15) is 0 Å². The molecule has 1 fully saturated rings. The maximum atomic E-state index is 5.89. The van der Waals surface area contributed by atoms with E-state index in [0.717, 1.165) is 19.5 Å². The van der Waals surface area contributed by atoms with E-state index in [1.807, 2.05) is 0 Å². The molecule has 1 rings (SSSR count). The van der Waals surface area contributed by atoms with Crippen molar-refractivity contribution in [1.29, 1.82) is 0 Å². The van der Waals surface area contributed by atoms with Gasteiger partial charge in [0.2, 0.25) is 0 Å². The highest BCUT2D eigenvalue weighted by atomic mass is 15.0. The fourth-order valence-corrected chi connectivity index (χ4v) is 2.26. The molecule has 0 aromatic heterocycles. The van der Waals surface area contributed by atoms with E-state index >= 15 is 0 Å². The van der Waals surface area contributed by atoms with Gasteiger partial charge in [-0.25, -0.2) is 0 Å². The molecule has 0 heterocycles. The molecular weight excluding hydrogens is 184 g/mol. The van der Waals surface area contributed by atoms with Gasteiger partial charge in [0, 0.05) is 25.0 Å². The monoisotopic (exact) mass is 208 g/mol. The molecule has 1 saturated carbocycles. The average molecular weight is 208 g/mol. The van der Waals surface area contributed by atoms with Crippen molar-refractivity contribution in [2.24, 2.45) is 11.1 Å². The van der Waals surface area contributed by atoms with Crippen LogP contribution in [0.3, 0.4) is 0 Å². The molecule has 0 radical (unpaired) electrons. The second-order valence-corrected chi connectivity index (χ2v) is 5.53. The van der Waals surface area contributed by atoms with Gasteiger partial charge in [0.05, 0.1) is 0 Å². The largest absolute Gasteiger partial charge is 0.329 e. The first-order valence-corrected chi connectivity index (χ1v) is 5.92. The van der Waals surface area contributed by atoms with Gasteiger partial charge in [-0.15, -0.1) is 12.3 Å². The zero-order valence-corrected chi connectivity index (χ0v) is 10.1. The molecule has 0 aromatic rings. The number of terminal acetylenes is 1. The van der Waals surface area contributed by atoms with Gasteiger partial charge in [0.15, 0.2) is 0 Å². The summed E-state index contributed by atoms with van der Waals surface area (Å²) in [6.07, 6.45) is 10.9. The smallest absolute Gasteiger partial charge is 0.0304 e. The van der Waals surface area contributed by atoms with Crippen molar-refractivity contribution in [3.8, 4) is 12.3 Å². The predicted octanol–water partition coefficient (Wildman–Crippen LogP) is 1.90. The molecule has 0 aromatic carbocycles. The maximum Gasteiger partial charge on any atom is 0.0304 e. The van der Waals surface area contributed by atoms with E-state index in [9.17, 15) is 0 Å². The van der Waals surface area contributed by atoms with Crippen LogP contribution >= 0.6 is 0 Å². The Hall–Kier alpha value is -0.520. The Labute approximate surface area is 94.0 Å². The first kappa shape index (κ1) is 12.5. The highest BCUT2D eigenvalue weighted by Crippen LogP contribution is 2.39. The van der Waals surface area contributed by atoms with E-state index < -0.39 is 0 Å². The van der Waals surface area contributed by atoms with Gasteiger partial charge < -0.3 is 11.1 Å². The molecule has 2 nitrogen and oxygen atoms in total. The third-order valence-corrected chi connectivity index (χ3v) is 3.72. The zero-order valence-electron chi connectivity index (χ0n) is 10.1. The van der Waals surface area contributed by atoms with Crippen LogP contribution in [0.4, 0.5) is 0 Å². The van der Waals surface area contributed by atoms with Crippen molar-refractivity contribution in [3.05, 3.63) is 0 Å². The minimum atomic E-state index is 0.159. The zero-order chi connectivity index (χ0) is 11.4. The van der Waals surface area contributed by atoms with Crippen molar-refractivity contribution in [3.63, 3.8) is 0 Å². The molecule has 0 unspecified atom stereocenters. The summed E-state index contributed by atoms with van der Waals surface area (Å²) >= 11 is 0. The Bertz CT molecular complexity index is 227. The molecule has 1 aliphatic rings. The van der Waals surface area contributed by atoms with Crippen molar-refractivity contribution >= 4 is 0 Å². The fourth-order valence-electron chi connectivity index (χ4n) is 2.26. The lowest BCUT2D eigenvalue weighted by Crippen LogP contribution is -2.54. The summed E-state index contributed by atoms with van der Waals surface area (Å²) in [5, 5.41) is 3.56. The minimum Gasteiger partial charge on any atom is -0.329 e. The molecule has 2 heteroatoms. The summed E-state index contributed by atoms with van der Waals surface area (Å²) in [7, 11) is 0. The van der Waals surface area contributed by atoms with Crippen molar-refractivity contribution in [1.82, 2.24) is 5.32 Å². The van der Waals surface area contributed by atoms with E-state index in [0.29, 0.717) is 5.41 Å². The quantitative estimate of drug-likeness (QED) is 0.547. The third-order valence-electron chi connectivity index (χ3n) is 3.72. The summed E-state index contributed by atoms with van der Waals surface area (Å²) in [5.41, 5.74) is 6.55. The molecule has 1 aliphatic carbocycles. The van der Waals surface area contributed by atoms with E-state index in [-0.39, 0.29) is 5.54 Å².